The van der Waals surface area contributed by atoms with E-state index in [-0.39, 0.29) is 19.1 Å². The van der Waals surface area contributed by atoms with E-state index < -0.39 is 12.1 Å². The molecule has 6 rings (SSSR count). The number of nitrogen functional groups attached to an aromatic ring is 1. The van der Waals surface area contributed by atoms with Gasteiger partial charge in [0.1, 0.15) is 11.9 Å². The third-order valence-corrected chi connectivity index (χ3v) is 6.38. The van der Waals surface area contributed by atoms with Crippen LogP contribution in [0.4, 0.5) is 22.0 Å². The number of carbonyl (C=O) groups excluding carboxylic acids is 2. The number of anilines is 3. The van der Waals surface area contributed by atoms with E-state index in [1.165, 1.54) is 0 Å². The Morgan fingerprint density at radius 1 is 1.06 bits per heavy atom. The fraction of sp³-hybridized carbons (Fsp3) is 0.148. The van der Waals surface area contributed by atoms with Crippen molar-refractivity contribution in [1.82, 2.24) is 10.3 Å². The minimum atomic E-state index is -0.708. The molecule has 36 heavy (non-hydrogen) atoms. The van der Waals surface area contributed by atoms with Gasteiger partial charge in [0.15, 0.2) is 0 Å². The predicted molar refractivity (Wildman–Crippen MR) is 141 cm³/mol. The summed E-state index contributed by atoms with van der Waals surface area (Å²) in [6.07, 6.45) is 1.55. The van der Waals surface area contributed by atoms with Crippen LogP contribution in [0, 0.1) is 0 Å². The van der Waals surface area contributed by atoms with E-state index in [9.17, 15) is 9.59 Å². The van der Waals surface area contributed by atoms with Gasteiger partial charge in [-0.15, -0.1) is 0 Å². The molecule has 1 atom stereocenters. The molecule has 1 unspecified atom stereocenters. The maximum Gasteiger partial charge on any atom is 0.411 e. The van der Waals surface area contributed by atoms with Gasteiger partial charge in [0.05, 0.1) is 6.61 Å². The molecule has 0 radical (unpaired) electrons. The average Bonchev–Trinajstić information content (AvgIpc) is 2.86. The first-order valence-corrected chi connectivity index (χ1v) is 11.8. The molecule has 4 aromatic rings. The summed E-state index contributed by atoms with van der Waals surface area (Å²) in [6, 6.07) is 19.5. The van der Waals surface area contributed by atoms with E-state index >= 15 is 0 Å². The molecule has 2 aliphatic heterocycles. The summed E-state index contributed by atoms with van der Waals surface area (Å²) in [4.78, 5) is 29.7. The van der Waals surface area contributed by atoms with Gasteiger partial charge in [-0.05, 0) is 64.5 Å². The molecule has 9 heteroatoms. The van der Waals surface area contributed by atoms with E-state index in [0.29, 0.717) is 28.5 Å². The van der Waals surface area contributed by atoms with Crippen LogP contribution in [0.25, 0.3) is 10.8 Å². The fourth-order valence-electron chi connectivity index (χ4n) is 4.16. The quantitative estimate of drug-likeness (QED) is 0.305. The monoisotopic (exact) mass is 501 g/mol. The second-order valence-electron chi connectivity index (χ2n) is 8.49. The molecule has 2 aliphatic rings. The van der Waals surface area contributed by atoms with Gasteiger partial charge < -0.3 is 21.1 Å². The number of hydrogen-bond acceptors (Lipinski definition) is 6. The Kier molecular flexibility index (Phi) is 6.60. The smallest absolute Gasteiger partial charge is 0.411 e. The van der Waals surface area contributed by atoms with Gasteiger partial charge in [0, 0.05) is 40.9 Å². The van der Waals surface area contributed by atoms with Crippen LogP contribution in [0.3, 0.4) is 0 Å². The molecule has 182 valence electrons. The van der Waals surface area contributed by atoms with Crippen molar-refractivity contribution in [1.29, 1.82) is 0 Å². The summed E-state index contributed by atoms with van der Waals surface area (Å²) in [7, 11) is 0. The van der Waals surface area contributed by atoms with Crippen molar-refractivity contribution >= 4 is 51.6 Å². The highest BCUT2D eigenvalue weighted by Crippen LogP contribution is 2.28. The number of carbonyl (C=O) groups is 2. The zero-order valence-corrected chi connectivity index (χ0v) is 20.0. The number of fused-ring (bicyclic) bond motifs is 10. The number of aromatic nitrogens is 1. The van der Waals surface area contributed by atoms with Crippen LogP contribution in [0.2, 0.25) is 5.02 Å². The average molecular weight is 502 g/mol. The van der Waals surface area contributed by atoms with Gasteiger partial charge in [-0.3, -0.25) is 10.1 Å². The van der Waals surface area contributed by atoms with Crippen LogP contribution in [-0.4, -0.2) is 23.6 Å². The van der Waals surface area contributed by atoms with Gasteiger partial charge in [-0.1, -0.05) is 35.9 Å². The number of ether oxygens (including phenoxy) is 1. The minimum Gasteiger partial charge on any atom is -0.449 e. The number of pyridine rings is 1. The fourth-order valence-corrected chi connectivity index (χ4v) is 4.45. The molecule has 0 spiro atoms. The molecule has 0 saturated carbocycles. The third kappa shape index (κ3) is 5.18. The summed E-state index contributed by atoms with van der Waals surface area (Å²) < 4.78 is 5.31. The number of nitrogens with one attached hydrogen (secondary N) is 3. The molecular weight excluding hydrogens is 478 g/mol. The van der Waals surface area contributed by atoms with E-state index in [1.54, 1.807) is 24.4 Å². The van der Waals surface area contributed by atoms with Gasteiger partial charge in [-0.2, -0.15) is 0 Å². The van der Waals surface area contributed by atoms with Crippen LogP contribution >= 0.6 is 11.6 Å². The number of hydrogen-bond donors (Lipinski definition) is 4. The molecule has 1 aromatic heterocycles. The maximum atomic E-state index is 13.4. The lowest BCUT2D eigenvalue weighted by Gasteiger charge is -2.22. The first-order valence-electron chi connectivity index (χ1n) is 11.5. The standard InChI is InChI=1S/C27H24ClN5O3/c28-23-14-19-5-4-17(23)9-11-36-27(35)33-20-3-1-2-16(12-20)15-31-26(34)24(19)32-21-6-7-22-18(13-21)8-10-30-25(22)29/h1-8,10,12-14,24,32H,9,11,15H2,(H2,29,30)(H,31,34)(H,33,35). The number of nitrogens with zero attached hydrogens (tertiary/aromatic N) is 1. The van der Waals surface area contributed by atoms with Crippen molar-refractivity contribution in [2.24, 2.45) is 0 Å². The van der Waals surface area contributed by atoms with Crippen molar-refractivity contribution in [3.63, 3.8) is 0 Å². The molecular formula is C27H24ClN5O3. The van der Waals surface area contributed by atoms with Crippen LogP contribution in [0.15, 0.2) is 72.9 Å². The van der Waals surface area contributed by atoms with Crippen LogP contribution in [0.1, 0.15) is 22.7 Å². The Bertz CT molecular complexity index is 1460. The van der Waals surface area contributed by atoms with Crippen LogP contribution < -0.4 is 21.7 Å². The number of benzene rings is 3. The summed E-state index contributed by atoms with van der Waals surface area (Å²) >= 11 is 6.56. The summed E-state index contributed by atoms with van der Waals surface area (Å²) in [5.41, 5.74) is 9.67. The van der Waals surface area contributed by atoms with E-state index in [1.807, 2.05) is 48.5 Å². The SMILES string of the molecule is Nc1nccc2cc(NC3C(=O)NCc4cccc(c4)NC(=O)OCCc4ccc3cc4Cl)ccc12. The number of halogens is 1. The van der Waals surface area contributed by atoms with Gasteiger partial charge in [0.2, 0.25) is 5.91 Å². The van der Waals surface area contributed by atoms with Crippen molar-refractivity contribution in [2.45, 2.75) is 19.0 Å². The summed E-state index contributed by atoms with van der Waals surface area (Å²) in [5.74, 6) is 0.226. The highest BCUT2D eigenvalue weighted by molar-refractivity contribution is 6.31. The van der Waals surface area contributed by atoms with Crippen LogP contribution in [0.5, 0.6) is 0 Å². The third-order valence-electron chi connectivity index (χ3n) is 6.02. The molecule has 3 aromatic carbocycles. The maximum absolute atomic E-state index is 13.4. The second kappa shape index (κ2) is 10.1. The lowest BCUT2D eigenvalue weighted by Crippen LogP contribution is -2.33. The van der Waals surface area contributed by atoms with Gasteiger partial charge >= 0.3 is 6.09 Å². The Labute approximate surface area is 212 Å². The number of rotatable bonds is 2. The molecule has 4 bridgehead atoms. The lowest BCUT2D eigenvalue weighted by molar-refractivity contribution is -0.122. The van der Waals surface area contributed by atoms with E-state index in [0.717, 1.165) is 27.6 Å². The Balaban J connectivity index is 1.49. The molecule has 8 nitrogen and oxygen atoms in total. The summed E-state index contributed by atoms with van der Waals surface area (Å²) in [5, 5.41) is 11.3. The van der Waals surface area contributed by atoms with Crippen molar-refractivity contribution in [2.75, 3.05) is 23.0 Å². The number of nitrogens with two attached hydrogens (primary N) is 1. The molecule has 3 heterocycles. The Morgan fingerprint density at radius 2 is 1.94 bits per heavy atom. The molecule has 0 saturated heterocycles. The van der Waals surface area contributed by atoms with Crippen molar-refractivity contribution < 1.29 is 14.3 Å². The molecule has 2 amide bonds. The van der Waals surface area contributed by atoms with Crippen molar-refractivity contribution in [3.8, 4) is 0 Å². The normalized spacial score (nSPS) is 16.2. The van der Waals surface area contributed by atoms with Gasteiger partial charge in [-0.25, -0.2) is 9.78 Å². The highest BCUT2D eigenvalue weighted by Gasteiger charge is 2.22. The zero-order valence-electron chi connectivity index (χ0n) is 19.3. The van der Waals surface area contributed by atoms with Gasteiger partial charge in [0.25, 0.3) is 0 Å². The first kappa shape index (κ1) is 23.4. The van der Waals surface area contributed by atoms with Crippen LogP contribution in [-0.2, 0) is 22.5 Å². The minimum absolute atomic E-state index is 0.168. The Hall–Kier alpha value is -4.30. The summed E-state index contributed by atoms with van der Waals surface area (Å²) in [6.45, 7) is 0.440. The predicted octanol–water partition coefficient (Wildman–Crippen LogP) is 5.04. The number of amides is 2. The van der Waals surface area contributed by atoms with E-state index in [2.05, 4.69) is 20.9 Å². The second-order valence-corrected chi connectivity index (χ2v) is 8.90. The van der Waals surface area contributed by atoms with E-state index in [4.69, 9.17) is 22.1 Å². The topological polar surface area (TPSA) is 118 Å². The first-order chi connectivity index (χ1) is 17.5. The molecule has 0 fully saturated rings. The highest BCUT2D eigenvalue weighted by atomic mass is 35.5. The molecule has 5 N–H and O–H groups in total. The van der Waals surface area contributed by atoms with Crippen molar-refractivity contribution in [3.05, 3.63) is 94.6 Å². The largest absolute Gasteiger partial charge is 0.449 e. The molecule has 0 aliphatic carbocycles. The Morgan fingerprint density at radius 3 is 2.81 bits per heavy atom. The lowest BCUT2D eigenvalue weighted by atomic mass is 10.0. The zero-order chi connectivity index (χ0) is 25.1.